The largest absolute Gasteiger partial charge is 0.322 e. The van der Waals surface area contributed by atoms with E-state index < -0.39 is 6.04 Å². The van der Waals surface area contributed by atoms with Crippen molar-refractivity contribution in [1.82, 2.24) is 20.4 Å². The first-order valence-corrected chi connectivity index (χ1v) is 11.2. The number of hydrogen-bond donors (Lipinski definition) is 2. The Bertz CT molecular complexity index is 892. The third kappa shape index (κ3) is 3.44. The van der Waals surface area contributed by atoms with Crippen molar-refractivity contribution < 1.29 is 14.4 Å². The highest BCUT2D eigenvalue weighted by Crippen LogP contribution is 2.42. The van der Waals surface area contributed by atoms with Crippen LogP contribution < -0.4 is 10.6 Å². The second-order valence-electron chi connectivity index (χ2n) is 9.60. The van der Waals surface area contributed by atoms with E-state index in [1.54, 1.807) is 4.90 Å². The van der Waals surface area contributed by atoms with Crippen LogP contribution in [0.5, 0.6) is 0 Å². The minimum atomic E-state index is -0.551. The summed E-state index contributed by atoms with van der Waals surface area (Å²) in [7, 11) is 0. The van der Waals surface area contributed by atoms with Gasteiger partial charge in [-0.1, -0.05) is 12.1 Å². The quantitative estimate of drug-likeness (QED) is 0.737. The van der Waals surface area contributed by atoms with Crippen LogP contribution in [0.3, 0.4) is 0 Å². The molecule has 3 amide bonds. The Balaban J connectivity index is 1.29. The molecule has 3 saturated heterocycles. The standard InChI is InChI=1S/C23H30N4O3/c1-15-11-23(6-8-24-9-7-23)14-26(15)12-16-2-3-18-17(10-16)13-27(22(18)30)19-4-5-20(28)25-21(19)29/h2-3,10,15,19,24H,4-9,11-14H2,1H3,(H,25,28,29). The first-order chi connectivity index (χ1) is 14.4. The maximum Gasteiger partial charge on any atom is 0.255 e. The lowest BCUT2D eigenvalue weighted by Crippen LogP contribution is -2.52. The molecule has 160 valence electrons. The maximum atomic E-state index is 12.9. The van der Waals surface area contributed by atoms with Crippen molar-refractivity contribution in [3.8, 4) is 0 Å². The summed E-state index contributed by atoms with van der Waals surface area (Å²) in [4.78, 5) is 40.8. The second-order valence-corrected chi connectivity index (χ2v) is 9.60. The van der Waals surface area contributed by atoms with Crippen LogP contribution in [0.2, 0.25) is 0 Å². The zero-order chi connectivity index (χ0) is 20.9. The van der Waals surface area contributed by atoms with Crippen LogP contribution in [0.15, 0.2) is 18.2 Å². The van der Waals surface area contributed by atoms with Gasteiger partial charge in [0.05, 0.1) is 0 Å². The Labute approximate surface area is 177 Å². The molecule has 1 spiro atoms. The molecule has 30 heavy (non-hydrogen) atoms. The maximum absolute atomic E-state index is 12.9. The molecule has 5 rings (SSSR count). The topological polar surface area (TPSA) is 81.8 Å². The summed E-state index contributed by atoms with van der Waals surface area (Å²) < 4.78 is 0. The molecule has 1 aromatic rings. The van der Waals surface area contributed by atoms with Crippen molar-refractivity contribution in [3.63, 3.8) is 0 Å². The summed E-state index contributed by atoms with van der Waals surface area (Å²) in [5.74, 6) is -0.714. The highest BCUT2D eigenvalue weighted by atomic mass is 16.2. The number of carbonyl (C=O) groups is 3. The normalized spacial score (nSPS) is 28.8. The van der Waals surface area contributed by atoms with Gasteiger partial charge >= 0.3 is 0 Å². The number of carbonyl (C=O) groups excluding carboxylic acids is 3. The number of hydrogen-bond acceptors (Lipinski definition) is 5. The number of piperidine rings is 2. The average Bonchev–Trinajstić information content (AvgIpc) is 3.19. The van der Waals surface area contributed by atoms with E-state index >= 15 is 0 Å². The van der Waals surface area contributed by atoms with Crippen LogP contribution in [0.1, 0.15) is 60.5 Å². The molecule has 2 unspecified atom stereocenters. The monoisotopic (exact) mass is 410 g/mol. The van der Waals surface area contributed by atoms with Crippen molar-refractivity contribution in [2.45, 2.75) is 64.2 Å². The van der Waals surface area contributed by atoms with Gasteiger partial charge in [0.15, 0.2) is 0 Å². The zero-order valence-corrected chi connectivity index (χ0v) is 17.6. The first-order valence-electron chi connectivity index (χ1n) is 11.2. The predicted octanol–water partition coefficient (Wildman–Crippen LogP) is 1.41. The molecule has 0 saturated carbocycles. The van der Waals surface area contributed by atoms with E-state index in [1.165, 1.54) is 24.8 Å². The molecule has 0 radical (unpaired) electrons. The summed E-state index contributed by atoms with van der Waals surface area (Å²) in [6.45, 7) is 7.07. The van der Waals surface area contributed by atoms with Gasteiger partial charge in [-0.15, -0.1) is 0 Å². The highest BCUT2D eigenvalue weighted by Gasteiger charge is 2.43. The van der Waals surface area contributed by atoms with E-state index in [0.717, 1.165) is 31.7 Å². The van der Waals surface area contributed by atoms with Crippen LogP contribution in [0.25, 0.3) is 0 Å². The van der Waals surface area contributed by atoms with Crippen LogP contribution in [-0.4, -0.2) is 59.2 Å². The Morgan fingerprint density at radius 1 is 1.17 bits per heavy atom. The van der Waals surface area contributed by atoms with Crippen LogP contribution >= 0.6 is 0 Å². The predicted molar refractivity (Wildman–Crippen MR) is 112 cm³/mol. The number of fused-ring (bicyclic) bond motifs is 1. The van der Waals surface area contributed by atoms with Gasteiger partial charge in [0.2, 0.25) is 11.8 Å². The second kappa shape index (κ2) is 7.46. The van der Waals surface area contributed by atoms with Gasteiger partial charge < -0.3 is 10.2 Å². The minimum Gasteiger partial charge on any atom is -0.322 e. The summed E-state index contributed by atoms with van der Waals surface area (Å²) in [6.07, 6.45) is 4.47. The number of imide groups is 1. The number of nitrogens with one attached hydrogen (secondary N) is 2. The van der Waals surface area contributed by atoms with E-state index in [4.69, 9.17) is 0 Å². The summed E-state index contributed by atoms with van der Waals surface area (Å²) in [5, 5.41) is 5.85. The lowest BCUT2D eigenvalue weighted by atomic mass is 9.77. The molecule has 2 atom stereocenters. The Hall–Kier alpha value is -2.25. The zero-order valence-electron chi connectivity index (χ0n) is 17.6. The van der Waals surface area contributed by atoms with Gasteiger partial charge in [-0.3, -0.25) is 24.6 Å². The Morgan fingerprint density at radius 3 is 2.73 bits per heavy atom. The highest BCUT2D eigenvalue weighted by molar-refractivity contribution is 6.05. The van der Waals surface area contributed by atoms with Gasteiger partial charge in [0.1, 0.15) is 6.04 Å². The van der Waals surface area contributed by atoms with Crippen LogP contribution in [0, 0.1) is 5.41 Å². The van der Waals surface area contributed by atoms with Crippen LogP contribution in [-0.2, 0) is 22.7 Å². The molecule has 4 heterocycles. The third-order valence-electron chi connectivity index (χ3n) is 7.53. The van der Waals surface area contributed by atoms with Crippen molar-refractivity contribution in [2.75, 3.05) is 19.6 Å². The van der Waals surface area contributed by atoms with Gasteiger partial charge in [-0.05, 0) is 68.3 Å². The molecule has 2 N–H and O–H groups in total. The Morgan fingerprint density at radius 2 is 1.97 bits per heavy atom. The van der Waals surface area contributed by atoms with Gasteiger partial charge in [-0.25, -0.2) is 0 Å². The fraction of sp³-hybridized carbons (Fsp3) is 0.609. The number of benzene rings is 1. The number of amides is 3. The molecule has 0 aromatic heterocycles. The van der Waals surface area contributed by atoms with Crippen LogP contribution in [0.4, 0.5) is 0 Å². The molecule has 0 aliphatic carbocycles. The van der Waals surface area contributed by atoms with Gasteiger partial charge in [0.25, 0.3) is 5.91 Å². The third-order valence-corrected chi connectivity index (χ3v) is 7.53. The van der Waals surface area contributed by atoms with Gasteiger partial charge in [0, 0.05) is 37.7 Å². The number of rotatable bonds is 3. The van der Waals surface area contributed by atoms with E-state index in [2.05, 4.69) is 34.6 Å². The van der Waals surface area contributed by atoms with Crippen molar-refractivity contribution >= 4 is 17.7 Å². The fourth-order valence-electron chi connectivity index (χ4n) is 5.90. The molecule has 3 fully saturated rings. The molecule has 4 aliphatic rings. The smallest absolute Gasteiger partial charge is 0.255 e. The van der Waals surface area contributed by atoms with E-state index in [-0.39, 0.29) is 24.1 Å². The number of likely N-dealkylation sites (tertiary alicyclic amines) is 1. The van der Waals surface area contributed by atoms with Gasteiger partial charge in [-0.2, -0.15) is 0 Å². The summed E-state index contributed by atoms with van der Waals surface area (Å²) in [6, 6.07) is 6.13. The van der Waals surface area contributed by atoms with E-state index in [9.17, 15) is 14.4 Å². The van der Waals surface area contributed by atoms with E-state index in [0.29, 0.717) is 30.0 Å². The fourth-order valence-corrected chi connectivity index (χ4v) is 5.90. The Kier molecular flexibility index (Phi) is 4.90. The molecule has 7 nitrogen and oxygen atoms in total. The molecule has 1 aromatic carbocycles. The first kappa shape index (κ1) is 19.7. The molecule has 4 aliphatic heterocycles. The summed E-state index contributed by atoms with van der Waals surface area (Å²) >= 11 is 0. The SMILES string of the molecule is CC1CC2(CCNCC2)CN1Cc1ccc2c(c1)CN(C1CCC(=O)NC1=O)C2=O. The molecule has 7 heteroatoms. The van der Waals surface area contributed by atoms with Crippen molar-refractivity contribution in [2.24, 2.45) is 5.41 Å². The lowest BCUT2D eigenvalue weighted by molar-refractivity contribution is -0.136. The molecule has 0 bridgehead atoms. The number of nitrogens with zero attached hydrogens (tertiary/aromatic N) is 2. The lowest BCUT2D eigenvalue weighted by Gasteiger charge is -2.33. The molecular weight excluding hydrogens is 380 g/mol. The van der Waals surface area contributed by atoms with Crippen molar-refractivity contribution in [3.05, 3.63) is 34.9 Å². The van der Waals surface area contributed by atoms with Crippen molar-refractivity contribution in [1.29, 1.82) is 0 Å². The minimum absolute atomic E-state index is 0.103. The molecular formula is C23H30N4O3. The summed E-state index contributed by atoms with van der Waals surface area (Å²) in [5.41, 5.74) is 3.36. The average molecular weight is 411 g/mol. The van der Waals surface area contributed by atoms with E-state index in [1.807, 2.05) is 6.07 Å².